The summed E-state index contributed by atoms with van der Waals surface area (Å²) in [7, 11) is -0.775. The van der Waals surface area contributed by atoms with E-state index in [2.05, 4.69) is 84.6 Å². The molecule has 1 nitrogen and oxygen atoms in total. The molecule has 0 radical (unpaired) electrons. The lowest BCUT2D eigenvalue weighted by Crippen LogP contribution is -2.15. The second-order valence-electron chi connectivity index (χ2n) is 8.40. The Bertz CT molecular complexity index is 703. The zero-order chi connectivity index (χ0) is 20.6. The van der Waals surface area contributed by atoms with Crippen molar-refractivity contribution in [2.24, 2.45) is 0 Å². The molecule has 0 aliphatic carbocycles. The van der Waals surface area contributed by atoms with Crippen LogP contribution in [-0.2, 0) is 0 Å². The van der Waals surface area contributed by atoms with Crippen LogP contribution >= 0.6 is 7.26 Å². The summed E-state index contributed by atoms with van der Waals surface area (Å²) < 4.78 is 0. The Morgan fingerprint density at radius 3 is 2.07 bits per heavy atom. The van der Waals surface area contributed by atoms with Crippen LogP contribution in [0, 0.1) is 0 Å². The second kappa shape index (κ2) is 10.7. The van der Waals surface area contributed by atoms with Gasteiger partial charge in [-0.15, -0.1) is 0 Å². The molecular weight excluding hydrogens is 345 g/mol. The van der Waals surface area contributed by atoms with Gasteiger partial charge < -0.3 is 5.32 Å². The van der Waals surface area contributed by atoms with E-state index in [9.17, 15) is 0 Å². The minimum atomic E-state index is -0.775. The van der Waals surface area contributed by atoms with E-state index in [1.807, 2.05) is 6.08 Å². The molecule has 0 saturated carbocycles. The molecule has 1 N–H and O–H groups in total. The minimum Gasteiger partial charge on any atom is -0.360 e. The van der Waals surface area contributed by atoms with Gasteiger partial charge >= 0.3 is 0 Å². The first-order valence-corrected chi connectivity index (χ1v) is 12.7. The molecular formula is C25H39NP+. The Hall–Kier alpha value is -1.59. The Labute approximate surface area is 168 Å². The maximum Gasteiger partial charge on any atom is 0.0981 e. The van der Waals surface area contributed by atoms with E-state index in [0.717, 1.165) is 34.3 Å². The number of rotatable bonds is 9. The molecule has 1 saturated heterocycles. The normalized spacial score (nSPS) is 17.9. The van der Waals surface area contributed by atoms with Crippen LogP contribution in [0.1, 0.15) is 47.5 Å². The van der Waals surface area contributed by atoms with Crippen molar-refractivity contribution in [3.63, 3.8) is 0 Å². The van der Waals surface area contributed by atoms with Crippen LogP contribution in [-0.4, -0.2) is 25.2 Å². The molecule has 1 fully saturated rings. The molecule has 0 amide bonds. The third-order valence-corrected chi connectivity index (χ3v) is 8.98. The molecule has 0 aromatic carbocycles. The van der Waals surface area contributed by atoms with Gasteiger partial charge in [0.15, 0.2) is 0 Å². The predicted molar refractivity (Wildman–Crippen MR) is 128 cm³/mol. The third kappa shape index (κ3) is 8.31. The van der Waals surface area contributed by atoms with E-state index in [4.69, 9.17) is 0 Å². The topological polar surface area (TPSA) is 12.0 Å². The summed E-state index contributed by atoms with van der Waals surface area (Å²) in [6.07, 6.45) is 15.2. The highest BCUT2D eigenvalue weighted by atomic mass is 31.2. The minimum absolute atomic E-state index is 0.775. The van der Waals surface area contributed by atoms with E-state index in [0.29, 0.717) is 0 Å². The fourth-order valence-electron chi connectivity index (χ4n) is 3.60. The van der Waals surface area contributed by atoms with Crippen LogP contribution in [0.2, 0.25) is 0 Å². The second-order valence-corrected chi connectivity index (χ2v) is 12.9. The molecule has 0 bridgehead atoms. The highest BCUT2D eigenvalue weighted by molar-refractivity contribution is 7.75. The zero-order valence-corrected chi connectivity index (χ0v) is 19.3. The summed E-state index contributed by atoms with van der Waals surface area (Å²) in [5, 5.41) is 3.52. The molecule has 148 valence electrons. The largest absolute Gasteiger partial charge is 0.360 e. The third-order valence-electron chi connectivity index (χ3n) is 5.04. The summed E-state index contributed by atoms with van der Waals surface area (Å²) in [6.45, 7) is 25.5. The summed E-state index contributed by atoms with van der Waals surface area (Å²) >= 11 is 0. The van der Waals surface area contributed by atoms with Gasteiger partial charge in [-0.1, -0.05) is 43.5 Å². The Kier molecular flexibility index (Phi) is 9.27. The van der Waals surface area contributed by atoms with Gasteiger partial charge in [0, 0.05) is 25.3 Å². The van der Waals surface area contributed by atoms with Crippen molar-refractivity contribution in [2.45, 2.75) is 47.5 Å². The summed E-state index contributed by atoms with van der Waals surface area (Å²) in [6, 6.07) is 0. The highest BCUT2D eigenvalue weighted by Crippen LogP contribution is 2.61. The van der Waals surface area contributed by atoms with Crippen LogP contribution in [0.3, 0.4) is 0 Å². The maximum absolute atomic E-state index is 4.28. The molecule has 0 aromatic rings. The Morgan fingerprint density at radius 2 is 1.56 bits per heavy atom. The first-order chi connectivity index (χ1) is 12.6. The van der Waals surface area contributed by atoms with Gasteiger partial charge in [0.05, 0.1) is 18.5 Å². The van der Waals surface area contributed by atoms with E-state index >= 15 is 0 Å². The standard InChI is InChI=1S/C25H39NP/c1-10-25(17-21(5)20(4)15-19(2)3)22(6)16-23(7)26-24(8)18-27(9)13-11-12-14-27/h10,15-17,26H,1,4,8,11-14,18H2,2-3,5-7,9H3/q+1/b21-17+,23-16+,25-22+. The monoisotopic (exact) mass is 384 g/mol. The van der Waals surface area contributed by atoms with Crippen LogP contribution in [0.5, 0.6) is 0 Å². The highest BCUT2D eigenvalue weighted by Gasteiger charge is 2.35. The molecule has 2 heteroatoms. The first-order valence-electron chi connectivity index (χ1n) is 9.89. The number of hydrogen-bond donors (Lipinski definition) is 1. The molecule has 27 heavy (non-hydrogen) atoms. The van der Waals surface area contributed by atoms with Gasteiger partial charge in [-0.05, 0) is 75.8 Å². The number of nitrogens with one attached hydrogen (secondary N) is 1. The lowest BCUT2D eigenvalue weighted by Gasteiger charge is -2.19. The van der Waals surface area contributed by atoms with Crippen molar-refractivity contribution in [3.8, 4) is 0 Å². The van der Waals surface area contributed by atoms with Gasteiger partial charge in [0.1, 0.15) is 0 Å². The van der Waals surface area contributed by atoms with Crippen molar-refractivity contribution >= 4 is 7.26 Å². The van der Waals surface area contributed by atoms with Gasteiger partial charge in [-0.2, -0.15) is 0 Å². The molecule has 1 aliphatic heterocycles. The van der Waals surface area contributed by atoms with Gasteiger partial charge in [-0.25, -0.2) is 0 Å². The average molecular weight is 385 g/mol. The maximum atomic E-state index is 4.28. The molecule has 0 atom stereocenters. The molecule has 1 rings (SSSR count). The van der Waals surface area contributed by atoms with Crippen molar-refractivity contribution in [3.05, 3.63) is 83.3 Å². The molecule has 0 aromatic heterocycles. The van der Waals surface area contributed by atoms with E-state index in [1.54, 1.807) is 0 Å². The number of hydrogen-bond acceptors (Lipinski definition) is 1. The van der Waals surface area contributed by atoms with Crippen LogP contribution in [0.15, 0.2) is 83.3 Å². The van der Waals surface area contributed by atoms with E-state index in [-0.39, 0.29) is 0 Å². The lowest BCUT2D eigenvalue weighted by molar-refractivity contribution is 0.949. The van der Waals surface area contributed by atoms with Crippen molar-refractivity contribution in [1.29, 1.82) is 0 Å². The molecule has 1 heterocycles. The van der Waals surface area contributed by atoms with Crippen LogP contribution < -0.4 is 5.32 Å². The van der Waals surface area contributed by atoms with Gasteiger partial charge in [0.25, 0.3) is 0 Å². The van der Waals surface area contributed by atoms with E-state index in [1.165, 1.54) is 36.3 Å². The average Bonchev–Trinajstić information content (AvgIpc) is 2.96. The van der Waals surface area contributed by atoms with Crippen molar-refractivity contribution in [2.75, 3.05) is 25.2 Å². The fraction of sp³-hybridized carbons (Fsp3) is 0.440. The summed E-state index contributed by atoms with van der Waals surface area (Å²) in [5.74, 6) is 0. The molecule has 0 unspecified atom stereocenters. The Morgan fingerprint density at radius 1 is 0.963 bits per heavy atom. The molecule has 1 aliphatic rings. The lowest BCUT2D eigenvalue weighted by atomic mass is 10.0. The smallest absolute Gasteiger partial charge is 0.0981 e. The van der Waals surface area contributed by atoms with Crippen LogP contribution in [0.25, 0.3) is 0 Å². The number of allylic oxidation sites excluding steroid dienone is 11. The fourth-order valence-corrected chi connectivity index (χ4v) is 7.12. The van der Waals surface area contributed by atoms with Crippen molar-refractivity contribution in [1.82, 2.24) is 5.32 Å². The van der Waals surface area contributed by atoms with Gasteiger partial charge in [0.2, 0.25) is 0 Å². The first kappa shape index (κ1) is 23.4. The predicted octanol–water partition coefficient (Wildman–Crippen LogP) is 7.41. The van der Waals surface area contributed by atoms with E-state index < -0.39 is 7.26 Å². The Balaban J connectivity index is 2.87. The molecule has 0 spiro atoms. The van der Waals surface area contributed by atoms with Gasteiger partial charge in [-0.3, -0.25) is 0 Å². The van der Waals surface area contributed by atoms with Crippen molar-refractivity contribution < 1.29 is 0 Å². The van der Waals surface area contributed by atoms with Crippen LogP contribution in [0.4, 0.5) is 0 Å². The zero-order valence-electron chi connectivity index (χ0n) is 18.4. The summed E-state index contributed by atoms with van der Waals surface area (Å²) in [4.78, 5) is 0. The quantitative estimate of drug-likeness (QED) is 0.322. The SMILES string of the molecule is C=CC(/C=C(\C)C(=C)C=C(C)C)=C(C)\C=C(/C)NC(=C)C[P+]1(C)CCCC1. The summed E-state index contributed by atoms with van der Waals surface area (Å²) in [5.41, 5.74) is 8.07.